The summed E-state index contributed by atoms with van der Waals surface area (Å²) in [6.45, 7) is 3.91. The monoisotopic (exact) mass is 311 g/mol. The molecule has 0 unspecified atom stereocenters. The Morgan fingerprint density at radius 1 is 0.957 bits per heavy atom. The molecule has 3 rings (SSSR count). The molecule has 5 nitrogen and oxygen atoms in total. The predicted octanol–water partition coefficient (Wildman–Crippen LogP) is 2.68. The lowest BCUT2D eigenvalue weighted by molar-refractivity contribution is 0.140. The van der Waals surface area contributed by atoms with Crippen molar-refractivity contribution in [3.8, 4) is 11.5 Å². The van der Waals surface area contributed by atoms with Crippen molar-refractivity contribution in [2.75, 3.05) is 26.2 Å². The van der Waals surface area contributed by atoms with Gasteiger partial charge in [0.05, 0.1) is 0 Å². The van der Waals surface area contributed by atoms with Crippen LogP contribution in [0.5, 0.6) is 11.5 Å². The van der Waals surface area contributed by atoms with Crippen LogP contribution in [0.2, 0.25) is 0 Å². The van der Waals surface area contributed by atoms with E-state index >= 15 is 0 Å². The van der Waals surface area contributed by atoms with Gasteiger partial charge in [-0.25, -0.2) is 4.79 Å². The lowest BCUT2D eigenvalue weighted by Crippen LogP contribution is -2.50. The molecule has 2 aromatic rings. The molecule has 0 spiro atoms. The Hall–Kier alpha value is -2.53. The highest BCUT2D eigenvalue weighted by Gasteiger charge is 2.19. The summed E-state index contributed by atoms with van der Waals surface area (Å²) in [5.41, 5.74) is 6.51. The molecule has 1 fully saturated rings. The van der Waals surface area contributed by atoms with Gasteiger partial charge in [-0.3, -0.25) is 4.90 Å². The van der Waals surface area contributed by atoms with Gasteiger partial charge in [0, 0.05) is 32.7 Å². The lowest BCUT2D eigenvalue weighted by Gasteiger charge is -2.33. The van der Waals surface area contributed by atoms with Gasteiger partial charge in [-0.05, 0) is 29.8 Å². The molecular formula is C18H21N3O2. The molecule has 2 amide bonds. The van der Waals surface area contributed by atoms with Crippen LogP contribution in [-0.4, -0.2) is 42.0 Å². The number of para-hydroxylation sites is 1. The van der Waals surface area contributed by atoms with E-state index in [4.69, 9.17) is 10.5 Å². The first-order valence-electron chi connectivity index (χ1n) is 7.79. The smallest absolute Gasteiger partial charge is 0.314 e. The number of nitrogens with zero attached hydrogens (tertiary/aromatic N) is 2. The number of urea groups is 1. The summed E-state index contributed by atoms with van der Waals surface area (Å²) >= 11 is 0. The maximum atomic E-state index is 11.2. The summed E-state index contributed by atoms with van der Waals surface area (Å²) in [6, 6.07) is 17.6. The molecule has 1 heterocycles. The number of carbonyl (C=O) groups excluding carboxylic acids is 1. The average molecular weight is 311 g/mol. The Morgan fingerprint density at radius 3 is 2.35 bits per heavy atom. The van der Waals surface area contributed by atoms with Gasteiger partial charge in [0.2, 0.25) is 0 Å². The van der Waals surface area contributed by atoms with E-state index in [9.17, 15) is 4.79 Å². The molecule has 1 aliphatic heterocycles. The summed E-state index contributed by atoms with van der Waals surface area (Å²) in [5.74, 6) is 1.67. The highest BCUT2D eigenvalue weighted by molar-refractivity contribution is 5.72. The van der Waals surface area contributed by atoms with Crippen molar-refractivity contribution in [3.05, 3.63) is 60.2 Å². The topological polar surface area (TPSA) is 58.8 Å². The molecule has 0 bridgehead atoms. The lowest BCUT2D eigenvalue weighted by atomic mass is 10.2. The summed E-state index contributed by atoms with van der Waals surface area (Å²) in [6.07, 6.45) is 0. The molecule has 1 aliphatic rings. The third-order valence-corrected chi connectivity index (χ3v) is 3.97. The third kappa shape index (κ3) is 4.23. The van der Waals surface area contributed by atoms with Crippen LogP contribution in [-0.2, 0) is 6.54 Å². The second-order valence-corrected chi connectivity index (χ2v) is 5.66. The van der Waals surface area contributed by atoms with Crippen LogP contribution in [0, 0.1) is 0 Å². The van der Waals surface area contributed by atoms with E-state index in [0.717, 1.165) is 31.1 Å². The molecule has 0 aromatic heterocycles. The SMILES string of the molecule is NC(=O)N1CCN(Cc2cccc(Oc3ccccc3)c2)CC1. The minimum Gasteiger partial charge on any atom is -0.457 e. The van der Waals surface area contributed by atoms with Crippen LogP contribution in [0.25, 0.3) is 0 Å². The number of rotatable bonds is 4. The number of piperazine rings is 1. The van der Waals surface area contributed by atoms with Gasteiger partial charge in [0.1, 0.15) is 11.5 Å². The highest BCUT2D eigenvalue weighted by atomic mass is 16.5. The quantitative estimate of drug-likeness (QED) is 0.944. The summed E-state index contributed by atoms with van der Waals surface area (Å²) in [5, 5.41) is 0. The largest absolute Gasteiger partial charge is 0.457 e. The van der Waals surface area contributed by atoms with Crippen molar-refractivity contribution in [2.45, 2.75) is 6.54 Å². The third-order valence-electron chi connectivity index (χ3n) is 3.97. The number of hydrogen-bond acceptors (Lipinski definition) is 3. The van der Waals surface area contributed by atoms with Crippen molar-refractivity contribution in [1.29, 1.82) is 0 Å². The zero-order valence-corrected chi connectivity index (χ0v) is 13.0. The van der Waals surface area contributed by atoms with Crippen LogP contribution in [0.1, 0.15) is 5.56 Å². The number of hydrogen-bond donors (Lipinski definition) is 1. The first kappa shape index (κ1) is 15.4. The molecule has 1 saturated heterocycles. The first-order valence-corrected chi connectivity index (χ1v) is 7.79. The van der Waals surface area contributed by atoms with Gasteiger partial charge in [-0.15, -0.1) is 0 Å². The van der Waals surface area contributed by atoms with Gasteiger partial charge in [0.25, 0.3) is 0 Å². The van der Waals surface area contributed by atoms with E-state index in [1.165, 1.54) is 5.56 Å². The van der Waals surface area contributed by atoms with Crippen molar-refractivity contribution in [2.24, 2.45) is 5.73 Å². The number of nitrogens with two attached hydrogens (primary N) is 1. The Bertz CT molecular complexity index is 652. The maximum absolute atomic E-state index is 11.2. The van der Waals surface area contributed by atoms with Gasteiger partial charge < -0.3 is 15.4 Å². The molecule has 0 aliphatic carbocycles. The van der Waals surface area contributed by atoms with Crippen LogP contribution < -0.4 is 10.5 Å². The Kier molecular flexibility index (Phi) is 4.78. The molecule has 5 heteroatoms. The molecule has 0 saturated carbocycles. The first-order chi connectivity index (χ1) is 11.2. The standard InChI is InChI=1S/C18H21N3O2/c19-18(22)21-11-9-20(10-12-21)14-15-5-4-8-17(13-15)23-16-6-2-1-3-7-16/h1-8,13H,9-12,14H2,(H2,19,22). The number of benzene rings is 2. The fourth-order valence-corrected chi connectivity index (χ4v) is 2.72. The number of carbonyl (C=O) groups is 1. The van der Waals surface area contributed by atoms with Crippen LogP contribution in [0.3, 0.4) is 0 Å². The molecular weight excluding hydrogens is 290 g/mol. The van der Waals surface area contributed by atoms with Gasteiger partial charge >= 0.3 is 6.03 Å². The van der Waals surface area contributed by atoms with E-state index in [1.807, 2.05) is 42.5 Å². The van der Waals surface area contributed by atoms with Gasteiger partial charge in [0.15, 0.2) is 0 Å². The zero-order valence-electron chi connectivity index (χ0n) is 13.0. The van der Waals surface area contributed by atoms with Gasteiger partial charge in [-0.1, -0.05) is 30.3 Å². The Balaban J connectivity index is 1.59. The fourth-order valence-electron chi connectivity index (χ4n) is 2.72. The van der Waals surface area contributed by atoms with Crippen LogP contribution >= 0.6 is 0 Å². The van der Waals surface area contributed by atoms with Crippen LogP contribution in [0.4, 0.5) is 4.79 Å². The minimum absolute atomic E-state index is 0.331. The average Bonchev–Trinajstić information content (AvgIpc) is 2.57. The molecule has 0 radical (unpaired) electrons. The zero-order chi connectivity index (χ0) is 16.1. The van der Waals surface area contributed by atoms with Crippen LogP contribution in [0.15, 0.2) is 54.6 Å². The van der Waals surface area contributed by atoms with E-state index in [2.05, 4.69) is 17.0 Å². The van der Waals surface area contributed by atoms with Crippen molar-refractivity contribution in [1.82, 2.24) is 9.80 Å². The Labute approximate surface area is 136 Å². The molecule has 23 heavy (non-hydrogen) atoms. The number of primary amides is 1. The van der Waals surface area contributed by atoms with Crippen molar-refractivity contribution < 1.29 is 9.53 Å². The second kappa shape index (κ2) is 7.15. The summed E-state index contributed by atoms with van der Waals surface area (Å²) in [7, 11) is 0. The van der Waals surface area contributed by atoms with Gasteiger partial charge in [-0.2, -0.15) is 0 Å². The molecule has 2 N–H and O–H groups in total. The Morgan fingerprint density at radius 2 is 1.65 bits per heavy atom. The normalized spacial score (nSPS) is 15.4. The fraction of sp³-hybridized carbons (Fsp3) is 0.278. The molecule has 0 atom stereocenters. The minimum atomic E-state index is -0.331. The molecule has 120 valence electrons. The number of amides is 2. The summed E-state index contributed by atoms with van der Waals surface area (Å²) in [4.78, 5) is 15.2. The van der Waals surface area contributed by atoms with E-state index in [0.29, 0.717) is 13.1 Å². The van der Waals surface area contributed by atoms with Crippen molar-refractivity contribution in [3.63, 3.8) is 0 Å². The number of ether oxygens (including phenoxy) is 1. The van der Waals surface area contributed by atoms with E-state index in [1.54, 1.807) is 4.90 Å². The summed E-state index contributed by atoms with van der Waals surface area (Å²) < 4.78 is 5.87. The second-order valence-electron chi connectivity index (χ2n) is 5.66. The maximum Gasteiger partial charge on any atom is 0.314 e. The van der Waals surface area contributed by atoms with E-state index < -0.39 is 0 Å². The predicted molar refractivity (Wildman–Crippen MR) is 89.4 cm³/mol. The van der Waals surface area contributed by atoms with E-state index in [-0.39, 0.29) is 6.03 Å². The highest BCUT2D eigenvalue weighted by Crippen LogP contribution is 2.22. The molecule has 2 aromatic carbocycles. The van der Waals surface area contributed by atoms with Crippen molar-refractivity contribution >= 4 is 6.03 Å².